The zero-order valence-electron chi connectivity index (χ0n) is 13.1. The van der Waals surface area contributed by atoms with E-state index in [0.29, 0.717) is 11.2 Å². The first-order chi connectivity index (χ1) is 11.7. The number of hydrogen-bond donors (Lipinski definition) is 0. The van der Waals surface area contributed by atoms with Crippen molar-refractivity contribution in [2.24, 2.45) is 5.10 Å². The number of thiophene rings is 2. The number of aromatic nitrogens is 2. The number of rotatable bonds is 3. The molecule has 1 fully saturated rings. The van der Waals surface area contributed by atoms with E-state index in [4.69, 9.17) is 4.74 Å². The first-order valence-corrected chi connectivity index (χ1v) is 9.36. The molecule has 4 rings (SSSR count). The second kappa shape index (κ2) is 6.46. The van der Waals surface area contributed by atoms with Crippen LogP contribution in [-0.2, 0) is 4.74 Å². The highest BCUT2D eigenvalue weighted by molar-refractivity contribution is 7.17. The van der Waals surface area contributed by atoms with Gasteiger partial charge in [0.15, 0.2) is 0 Å². The summed E-state index contributed by atoms with van der Waals surface area (Å²) >= 11 is 3.13. The number of hydrogen-bond acceptors (Lipinski definition) is 7. The van der Waals surface area contributed by atoms with Gasteiger partial charge in [0.1, 0.15) is 10.7 Å². The molecule has 3 aromatic heterocycles. The predicted octanol–water partition coefficient (Wildman–Crippen LogP) is 2.55. The molecule has 0 radical (unpaired) electrons. The highest BCUT2D eigenvalue weighted by atomic mass is 32.1. The fourth-order valence-electron chi connectivity index (χ4n) is 2.62. The number of fused-ring (bicyclic) bond motifs is 1. The molecule has 0 saturated carbocycles. The molecule has 4 heterocycles. The monoisotopic (exact) mass is 360 g/mol. The average Bonchev–Trinajstić information content (AvgIpc) is 3.25. The van der Waals surface area contributed by atoms with Gasteiger partial charge in [-0.25, -0.2) is 4.98 Å². The van der Waals surface area contributed by atoms with Crippen molar-refractivity contribution in [3.63, 3.8) is 0 Å². The van der Waals surface area contributed by atoms with Crippen LogP contribution in [0.1, 0.15) is 10.7 Å². The van der Waals surface area contributed by atoms with E-state index in [-0.39, 0.29) is 5.56 Å². The van der Waals surface area contributed by atoms with Gasteiger partial charge >= 0.3 is 0 Å². The lowest BCUT2D eigenvalue weighted by atomic mass is 10.4. The van der Waals surface area contributed by atoms with Crippen LogP contribution in [0.2, 0.25) is 0 Å². The molecule has 1 saturated heterocycles. The van der Waals surface area contributed by atoms with Gasteiger partial charge in [0.25, 0.3) is 5.56 Å². The molecule has 0 N–H and O–H groups in total. The lowest BCUT2D eigenvalue weighted by Crippen LogP contribution is -2.35. The van der Waals surface area contributed by atoms with E-state index in [2.05, 4.69) is 21.1 Å². The van der Waals surface area contributed by atoms with Gasteiger partial charge in [-0.15, -0.1) is 22.7 Å². The smallest absolute Gasteiger partial charge is 0.282 e. The molecule has 0 unspecified atom stereocenters. The van der Waals surface area contributed by atoms with Gasteiger partial charge in [0.05, 0.1) is 29.8 Å². The van der Waals surface area contributed by atoms with E-state index in [0.717, 1.165) is 36.0 Å². The maximum absolute atomic E-state index is 12.5. The minimum atomic E-state index is -0.125. The SMILES string of the molecule is Cc1nc2sccc2c(=O)n1/N=C\c1ccc(N2CCOCC2)s1. The number of anilines is 1. The Balaban J connectivity index is 1.61. The Morgan fingerprint density at radius 3 is 2.96 bits per heavy atom. The van der Waals surface area contributed by atoms with Gasteiger partial charge in [0, 0.05) is 18.0 Å². The third-order valence-electron chi connectivity index (χ3n) is 3.87. The summed E-state index contributed by atoms with van der Waals surface area (Å²) in [5, 5.41) is 8.05. The molecule has 0 aromatic carbocycles. The van der Waals surface area contributed by atoms with Crippen LogP contribution in [0.4, 0.5) is 5.00 Å². The Morgan fingerprint density at radius 1 is 1.29 bits per heavy atom. The van der Waals surface area contributed by atoms with Gasteiger partial charge < -0.3 is 9.64 Å². The third-order valence-corrected chi connectivity index (χ3v) is 5.76. The minimum Gasteiger partial charge on any atom is -0.378 e. The second-order valence-electron chi connectivity index (χ2n) is 5.44. The van der Waals surface area contributed by atoms with Gasteiger partial charge in [-0.2, -0.15) is 9.78 Å². The number of morpholine rings is 1. The summed E-state index contributed by atoms with van der Waals surface area (Å²) in [6, 6.07) is 5.91. The first kappa shape index (κ1) is 15.5. The van der Waals surface area contributed by atoms with Crippen molar-refractivity contribution in [2.45, 2.75) is 6.92 Å². The lowest BCUT2D eigenvalue weighted by Gasteiger charge is -2.27. The van der Waals surface area contributed by atoms with Crippen molar-refractivity contribution in [1.82, 2.24) is 9.66 Å². The van der Waals surface area contributed by atoms with Crippen LogP contribution < -0.4 is 10.5 Å². The molecular weight excluding hydrogens is 344 g/mol. The van der Waals surface area contributed by atoms with Crippen LogP contribution in [0.5, 0.6) is 0 Å². The van der Waals surface area contributed by atoms with E-state index in [1.54, 1.807) is 30.5 Å². The second-order valence-corrected chi connectivity index (χ2v) is 7.42. The Hall–Kier alpha value is -2.03. The minimum absolute atomic E-state index is 0.125. The third kappa shape index (κ3) is 2.88. The van der Waals surface area contributed by atoms with Crippen LogP contribution in [0, 0.1) is 6.92 Å². The molecule has 0 bridgehead atoms. The molecule has 0 spiro atoms. The van der Waals surface area contributed by atoms with E-state index < -0.39 is 0 Å². The van der Waals surface area contributed by atoms with Crippen molar-refractivity contribution in [3.05, 3.63) is 44.6 Å². The summed E-state index contributed by atoms with van der Waals surface area (Å²) in [5.41, 5.74) is -0.125. The van der Waals surface area contributed by atoms with E-state index in [9.17, 15) is 4.79 Å². The molecule has 8 heteroatoms. The van der Waals surface area contributed by atoms with E-state index in [1.807, 2.05) is 11.4 Å². The Bertz CT molecular complexity index is 951. The van der Waals surface area contributed by atoms with Gasteiger partial charge in [-0.05, 0) is 30.5 Å². The van der Waals surface area contributed by atoms with Crippen LogP contribution in [0.25, 0.3) is 10.2 Å². The van der Waals surface area contributed by atoms with Crippen LogP contribution in [0.15, 0.2) is 33.5 Å². The summed E-state index contributed by atoms with van der Waals surface area (Å²) in [7, 11) is 0. The van der Waals surface area contributed by atoms with E-state index in [1.165, 1.54) is 21.0 Å². The summed E-state index contributed by atoms with van der Waals surface area (Å²) in [4.78, 5) is 21.0. The van der Waals surface area contributed by atoms with Crippen LogP contribution >= 0.6 is 22.7 Å². The first-order valence-electron chi connectivity index (χ1n) is 7.66. The summed E-state index contributed by atoms with van der Waals surface area (Å²) < 4.78 is 6.74. The van der Waals surface area contributed by atoms with Gasteiger partial charge in [-0.1, -0.05) is 0 Å². The maximum Gasteiger partial charge on any atom is 0.282 e. The summed E-state index contributed by atoms with van der Waals surface area (Å²) in [6.07, 6.45) is 1.73. The van der Waals surface area contributed by atoms with Gasteiger partial charge in [0.2, 0.25) is 0 Å². The van der Waals surface area contributed by atoms with Crippen molar-refractivity contribution in [1.29, 1.82) is 0 Å². The molecule has 0 atom stereocenters. The molecule has 124 valence electrons. The molecule has 3 aromatic rings. The Kier molecular flexibility index (Phi) is 4.17. The number of ether oxygens (including phenoxy) is 1. The maximum atomic E-state index is 12.5. The Labute approximate surface area is 146 Å². The summed E-state index contributed by atoms with van der Waals surface area (Å²) in [6.45, 7) is 5.15. The molecule has 0 aliphatic carbocycles. The number of aryl methyl sites for hydroxylation is 1. The van der Waals surface area contributed by atoms with Crippen molar-refractivity contribution in [2.75, 3.05) is 31.2 Å². The fraction of sp³-hybridized carbons (Fsp3) is 0.312. The quantitative estimate of drug-likeness (QED) is 0.674. The van der Waals surface area contributed by atoms with Gasteiger partial charge in [-0.3, -0.25) is 4.79 Å². The average molecular weight is 360 g/mol. The molecule has 24 heavy (non-hydrogen) atoms. The van der Waals surface area contributed by atoms with E-state index >= 15 is 0 Å². The molecule has 0 amide bonds. The largest absolute Gasteiger partial charge is 0.378 e. The molecule has 6 nitrogen and oxygen atoms in total. The van der Waals surface area contributed by atoms with Crippen molar-refractivity contribution < 1.29 is 4.74 Å². The highest BCUT2D eigenvalue weighted by Gasteiger charge is 2.13. The zero-order chi connectivity index (χ0) is 16.5. The Morgan fingerprint density at radius 2 is 2.12 bits per heavy atom. The number of nitrogens with zero attached hydrogens (tertiary/aromatic N) is 4. The fourth-order valence-corrected chi connectivity index (χ4v) is 4.35. The highest BCUT2D eigenvalue weighted by Crippen LogP contribution is 2.25. The summed E-state index contributed by atoms with van der Waals surface area (Å²) in [5.74, 6) is 0.594. The lowest BCUT2D eigenvalue weighted by molar-refractivity contribution is 0.123. The molecular formula is C16H16N4O2S2. The standard InChI is InChI=1S/C16H16N4O2S2/c1-11-18-15-13(4-9-23-15)16(21)20(11)17-10-12-2-3-14(24-12)19-5-7-22-8-6-19/h2-4,9-10H,5-8H2,1H3/b17-10-. The normalized spacial score (nSPS) is 15.6. The molecule has 1 aliphatic rings. The van der Waals surface area contributed by atoms with Crippen molar-refractivity contribution >= 4 is 44.1 Å². The topological polar surface area (TPSA) is 59.7 Å². The molecule has 1 aliphatic heterocycles. The zero-order valence-corrected chi connectivity index (χ0v) is 14.8. The predicted molar refractivity (Wildman–Crippen MR) is 99.0 cm³/mol. The van der Waals surface area contributed by atoms with Crippen LogP contribution in [-0.4, -0.2) is 42.2 Å². The van der Waals surface area contributed by atoms with Crippen LogP contribution in [0.3, 0.4) is 0 Å². The van der Waals surface area contributed by atoms with Crippen molar-refractivity contribution in [3.8, 4) is 0 Å².